The van der Waals surface area contributed by atoms with Crippen molar-refractivity contribution >= 4 is 5.91 Å². The summed E-state index contributed by atoms with van der Waals surface area (Å²) in [6, 6.07) is 6.42. The van der Waals surface area contributed by atoms with Crippen LogP contribution in [0.4, 0.5) is 0 Å². The minimum absolute atomic E-state index is 0.00449. The van der Waals surface area contributed by atoms with Gasteiger partial charge in [0.1, 0.15) is 5.75 Å². The summed E-state index contributed by atoms with van der Waals surface area (Å²) in [5.41, 5.74) is 6.43. The smallest absolute Gasteiger partial charge is 0.253 e. The van der Waals surface area contributed by atoms with Crippen molar-refractivity contribution in [2.75, 3.05) is 13.1 Å². The monoisotopic (exact) mass is 220 g/mol. The Kier molecular flexibility index (Phi) is 3.10. The summed E-state index contributed by atoms with van der Waals surface area (Å²) >= 11 is 0. The molecule has 1 fully saturated rings. The highest BCUT2D eigenvalue weighted by Crippen LogP contribution is 2.15. The molecule has 1 aromatic rings. The number of phenols is 1. The molecule has 0 aromatic heterocycles. The van der Waals surface area contributed by atoms with Crippen molar-refractivity contribution in [3.05, 3.63) is 29.8 Å². The highest BCUT2D eigenvalue weighted by atomic mass is 16.3. The van der Waals surface area contributed by atoms with E-state index in [1.165, 1.54) is 12.1 Å². The summed E-state index contributed by atoms with van der Waals surface area (Å²) in [6.07, 6.45) is 1.95. The van der Waals surface area contributed by atoms with E-state index in [1.54, 1.807) is 17.0 Å². The van der Waals surface area contributed by atoms with Gasteiger partial charge in [0.2, 0.25) is 0 Å². The molecule has 1 saturated heterocycles. The second-order valence-electron chi connectivity index (χ2n) is 4.20. The molecule has 1 aliphatic rings. The summed E-state index contributed by atoms with van der Waals surface area (Å²) in [5, 5.41) is 9.15. The van der Waals surface area contributed by atoms with E-state index in [1.807, 2.05) is 0 Å². The van der Waals surface area contributed by atoms with E-state index < -0.39 is 0 Å². The van der Waals surface area contributed by atoms with E-state index in [-0.39, 0.29) is 17.7 Å². The Bertz CT molecular complexity index is 375. The Morgan fingerprint density at radius 3 is 2.69 bits per heavy atom. The van der Waals surface area contributed by atoms with Gasteiger partial charge < -0.3 is 15.7 Å². The quantitative estimate of drug-likeness (QED) is 0.740. The van der Waals surface area contributed by atoms with Crippen LogP contribution in [0.3, 0.4) is 0 Å². The molecule has 0 aliphatic carbocycles. The zero-order chi connectivity index (χ0) is 11.5. The van der Waals surface area contributed by atoms with Gasteiger partial charge in [-0.15, -0.1) is 0 Å². The lowest BCUT2D eigenvalue weighted by molar-refractivity contribution is 0.0709. The first-order valence-electron chi connectivity index (χ1n) is 5.50. The maximum absolute atomic E-state index is 12.0. The molecule has 0 radical (unpaired) electrons. The first-order valence-corrected chi connectivity index (χ1v) is 5.50. The molecule has 1 aromatic carbocycles. The number of carbonyl (C=O) groups excluding carboxylic acids is 1. The molecular formula is C12H16N2O2. The van der Waals surface area contributed by atoms with Gasteiger partial charge in [-0.1, -0.05) is 0 Å². The molecule has 0 spiro atoms. The van der Waals surface area contributed by atoms with Crippen LogP contribution in [-0.2, 0) is 0 Å². The molecule has 86 valence electrons. The van der Waals surface area contributed by atoms with Crippen LogP contribution >= 0.6 is 0 Å². The second-order valence-corrected chi connectivity index (χ2v) is 4.20. The third-order valence-corrected chi connectivity index (χ3v) is 2.86. The van der Waals surface area contributed by atoms with Gasteiger partial charge in [0.25, 0.3) is 5.91 Å². The van der Waals surface area contributed by atoms with Crippen LogP contribution in [0, 0.1) is 0 Å². The average Bonchev–Trinajstić information content (AvgIpc) is 2.29. The number of carbonyl (C=O) groups is 1. The molecular weight excluding hydrogens is 204 g/mol. The third kappa shape index (κ3) is 2.33. The van der Waals surface area contributed by atoms with Gasteiger partial charge in [-0.3, -0.25) is 4.79 Å². The molecule has 0 bridgehead atoms. The predicted octanol–water partition coefficient (Wildman–Crippen LogP) is 0.955. The number of hydrogen-bond acceptors (Lipinski definition) is 3. The van der Waals surface area contributed by atoms with Gasteiger partial charge in [-0.2, -0.15) is 0 Å². The molecule has 1 aliphatic heterocycles. The van der Waals surface area contributed by atoms with E-state index in [0.29, 0.717) is 12.1 Å². The number of aromatic hydroxyl groups is 1. The van der Waals surface area contributed by atoms with Crippen molar-refractivity contribution in [1.82, 2.24) is 4.90 Å². The number of phenolic OH excluding ortho intramolecular Hbond substituents is 1. The van der Waals surface area contributed by atoms with E-state index in [2.05, 4.69) is 0 Å². The predicted molar refractivity (Wildman–Crippen MR) is 61.2 cm³/mol. The van der Waals surface area contributed by atoms with Crippen LogP contribution < -0.4 is 5.73 Å². The summed E-state index contributed by atoms with van der Waals surface area (Å²) in [5.74, 6) is 0.169. The van der Waals surface area contributed by atoms with Crippen LogP contribution in [0.25, 0.3) is 0 Å². The molecule has 1 heterocycles. The summed E-state index contributed by atoms with van der Waals surface area (Å²) in [6.45, 7) is 1.40. The third-order valence-electron chi connectivity index (χ3n) is 2.86. The fourth-order valence-corrected chi connectivity index (χ4v) is 1.98. The van der Waals surface area contributed by atoms with E-state index in [0.717, 1.165) is 19.4 Å². The van der Waals surface area contributed by atoms with Crippen molar-refractivity contribution in [2.45, 2.75) is 18.9 Å². The second kappa shape index (κ2) is 4.53. The first kappa shape index (κ1) is 11.0. The maximum atomic E-state index is 12.0. The number of benzene rings is 1. The zero-order valence-electron chi connectivity index (χ0n) is 9.10. The van der Waals surface area contributed by atoms with E-state index >= 15 is 0 Å². The van der Waals surface area contributed by atoms with Crippen LogP contribution in [0.1, 0.15) is 23.2 Å². The Labute approximate surface area is 94.7 Å². The minimum atomic E-state index is -0.00449. The Morgan fingerprint density at radius 1 is 1.38 bits per heavy atom. The molecule has 0 saturated carbocycles. The Hall–Kier alpha value is -1.55. The number of nitrogens with zero attached hydrogens (tertiary/aromatic N) is 1. The molecule has 1 unspecified atom stereocenters. The van der Waals surface area contributed by atoms with Crippen molar-refractivity contribution in [2.24, 2.45) is 5.73 Å². The van der Waals surface area contributed by atoms with Crippen molar-refractivity contribution in [1.29, 1.82) is 0 Å². The van der Waals surface area contributed by atoms with Crippen molar-refractivity contribution in [3.63, 3.8) is 0 Å². The molecule has 2 rings (SSSR count). The lowest BCUT2D eigenvalue weighted by Crippen LogP contribution is -2.45. The number of nitrogens with two attached hydrogens (primary N) is 1. The molecule has 4 nitrogen and oxygen atoms in total. The summed E-state index contributed by atoms with van der Waals surface area (Å²) < 4.78 is 0. The fourth-order valence-electron chi connectivity index (χ4n) is 1.98. The summed E-state index contributed by atoms with van der Waals surface area (Å²) in [7, 11) is 0. The fraction of sp³-hybridized carbons (Fsp3) is 0.417. The SMILES string of the molecule is NC1CCCN(C(=O)c2ccc(O)cc2)C1. The standard InChI is InChI=1S/C12H16N2O2/c13-10-2-1-7-14(8-10)12(16)9-3-5-11(15)6-4-9/h3-6,10,15H,1-2,7-8,13H2. The first-order chi connectivity index (χ1) is 7.66. The molecule has 1 amide bonds. The average molecular weight is 220 g/mol. The van der Waals surface area contributed by atoms with Gasteiger partial charge in [-0.05, 0) is 37.1 Å². The van der Waals surface area contributed by atoms with Crippen LogP contribution in [0.2, 0.25) is 0 Å². The van der Waals surface area contributed by atoms with Crippen LogP contribution in [0.5, 0.6) is 5.75 Å². The number of hydrogen-bond donors (Lipinski definition) is 2. The van der Waals surface area contributed by atoms with Crippen molar-refractivity contribution < 1.29 is 9.90 Å². The van der Waals surface area contributed by atoms with E-state index in [9.17, 15) is 4.79 Å². The topological polar surface area (TPSA) is 66.6 Å². The van der Waals surface area contributed by atoms with Gasteiger partial charge in [0, 0.05) is 24.7 Å². The maximum Gasteiger partial charge on any atom is 0.253 e. The van der Waals surface area contributed by atoms with Gasteiger partial charge in [0.15, 0.2) is 0 Å². The normalized spacial score (nSPS) is 20.8. The highest BCUT2D eigenvalue weighted by Gasteiger charge is 2.21. The lowest BCUT2D eigenvalue weighted by atomic mass is 10.1. The van der Waals surface area contributed by atoms with Gasteiger partial charge >= 0.3 is 0 Å². The van der Waals surface area contributed by atoms with Gasteiger partial charge in [0.05, 0.1) is 0 Å². The van der Waals surface area contributed by atoms with Gasteiger partial charge in [-0.25, -0.2) is 0 Å². The molecule has 3 N–H and O–H groups in total. The number of amides is 1. The Morgan fingerprint density at radius 2 is 2.06 bits per heavy atom. The number of likely N-dealkylation sites (tertiary alicyclic amines) is 1. The largest absolute Gasteiger partial charge is 0.508 e. The molecule has 16 heavy (non-hydrogen) atoms. The summed E-state index contributed by atoms with van der Waals surface area (Å²) in [4.78, 5) is 13.8. The number of piperidine rings is 1. The molecule has 1 atom stereocenters. The zero-order valence-corrected chi connectivity index (χ0v) is 9.10. The lowest BCUT2D eigenvalue weighted by Gasteiger charge is -2.30. The Balaban J connectivity index is 2.09. The molecule has 4 heteroatoms. The van der Waals surface area contributed by atoms with E-state index in [4.69, 9.17) is 10.8 Å². The number of rotatable bonds is 1. The minimum Gasteiger partial charge on any atom is -0.508 e. The van der Waals surface area contributed by atoms with Crippen LogP contribution in [0.15, 0.2) is 24.3 Å². The van der Waals surface area contributed by atoms with Crippen molar-refractivity contribution in [3.8, 4) is 5.75 Å². The highest BCUT2D eigenvalue weighted by molar-refractivity contribution is 5.94. The van der Waals surface area contributed by atoms with Crippen LogP contribution in [-0.4, -0.2) is 35.0 Å².